The van der Waals surface area contributed by atoms with E-state index in [0.29, 0.717) is 5.69 Å². The van der Waals surface area contributed by atoms with Crippen molar-refractivity contribution in [2.24, 2.45) is 0 Å². The maximum Gasteiger partial charge on any atom is 0.232 e. The van der Waals surface area contributed by atoms with Crippen LogP contribution in [-0.4, -0.2) is 45.1 Å². The molecule has 0 aromatic heterocycles. The maximum absolute atomic E-state index is 12.4. The van der Waals surface area contributed by atoms with E-state index in [1.807, 2.05) is 43.9 Å². The lowest BCUT2D eigenvalue weighted by Gasteiger charge is -2.25. The molecule has 0 unspecified atom stereocenters. The molecule has 0 aliphatic heterocycles. The zero-order valence-electron chi connectivity index (χ0n) is 14.6. The molecule has 0 aliphatic rings. The van der Waals surface area contributed by atoms with Gasteiger partial charge in [0.1, 0.15) is 0 Å². The Hall–Kier alpha value is -1.56. The first-order valence-electron chi connectivity index (χ1n) is 8.11. The molecule has 130 valence electrons. The summed E-state index contributed by atoms with van der Waals surface area (Å²) in [6, 6.07) is 7.32. The maximum atomic E-state index is 12.4. The number of anilines is 1. The van der Waals surface area contributed by atoms with Crippen LogP contribution < -0.4 is 4.31 Å². The third-order valence-corrected chi connectivity index (χ3v) is 4.75. The first-order valence-corrected chi connectivity index (χ1v) is 9.96. The number of hydrogen-bond donors (Lipinski definition) is 0. The molecule has 0 fully saturated rings. The van der Waals surface area contributed by atoms with Crippen LogP contribution in [0.4, 0.5) is 5.69 Å². The van der Waals surface area contributed by atoms with E-state index in [-0.39, 0.29) is 18.9 Å². The number of rotatable bonds is 9. The molecule has 0 bridgehead atoms. The molecule has 0 spiro atoms. The molecular formula is C17H28N2O3S. The van der Waals surface area contributed by atoms with Crippen molar-refractivity contribution >= 4 is 21.6 Å². The molecule has 0 radical (unpaired) electrons. The van der Waals surface area contributed by atoms with E-state index in [1.165, 1.54) is 10.6 Å². The quantitative estimate of drug-likeness (QED) is 0.694. The molecule has 0 N–H and O–H groups in total. The van der Waals surface area contributed by atoms with Crippen LogP contribution in [-0.2, 0) is 14.8 Å². The number of nitrogens with zero attached hydrogens (tertiary/aromatic N) is 2. The number of carbonyl (C=O) groups excluding carboxylic acids is 1. The summed E-state index contributed by atoms with van der Waals surface area (Å²) in [6.07, 6.45) is 3.18. The Morgan fingerprint density at radius 1 is 1.09 bits per heavy atom. The average molecular weight is 340 g/mol. The van der Waals surface area contributed by atoms with Gasteiger partial charge in [0.25, 0.3) is 0 Å². The van der Waals surface area contributed by atoms with Gasteiger partial charge in [-0.2, -0.15) is 0 Å². The summed E-state index contributed by atoms with van der Waals surface area (Å²) in [7, 11) is -3.42. The van der Waals surface area contributed by atoms with E-state index < -0.39 is 10.0 Å². The fourth-order valence-corrected chi connectivity index (χ4v) is 3.45. The minimum absolute atomic E-state index is 0.00926. The lowest BCUT2D eigenvalue weighted by atomic mass is 10.2. The predicted molar refractivity (Wildman–Crippen MR) is 95.1 cm³/mol. The molecule has 1 aromatic rings. The fourth-order valence-electron chi connectivity index (χ4n) is 2.53. The van der Waals surface area contributed by atoms with Crippen molar-refractivity contribution < 1.29 is 13.2 Å². The normalized spacial score (nSPS) is 11.3. The Labute approximate surface area is 140 Å². The average Bonchev–Trinajstić information content (AvgIpc) is 2.45. The Balaban J connectivity index is 2.85. The lowest BCUT2D eigenvalue weighted by Crippen LogP contribution is -2.37. The van der Waals surface area contributed by atoms with Gasteiger partial charge in [-0.15, -0.1) is 0 Å². The number of amides is 1. The largest absolute Gasteiger partial charge is 0.343 e. The van der Waals surface area contributed by atoms with Gasteiger partial charge in [-0.25, -0.2) is 8.42 Å². The van der Waals surface area contributed by atoms with E-state index in [2.05, 4.69) is 0 Å². The Bertz CT molecular complexity index is 608. The van der Waals surface area contributed by atoms with E-state index in [0.717, 1.165) is 31.5 Å². The highest BCUT2D eigenvalue weighted by Gasteiger charge is 2.20. The molecule has 23 heavy (non-hydrogen) atoms. The second kappa shape index (κ2) is 8.91. The standard InChI is InChI=1S/C17H28N2O3S/c1-5-11-18(12-6-2)17(20)10-13-19(23(4,21)22)16-9-7-8-15(3)14-16/h7-9,14H,5-6,10-13H2,1-4H3. The summed E-state index contributed by atoms with van der Waals surface area (Å²) in [4.78, 5) is 14.2. The van der Waals surface area contributed by atoms with Crippen LogP contribution in [0.5, 0.6) is 0 Å². The van der Waals surface area contributed by atoms with Crippen molar-refractivity contribution in [1.82, 2.24) is 4.90 Å². The van der Waals surface area contributed by atoms with Gasteiger partial charge in [-0.3, -0.25) is 9.10 Å². The predicted octanol–water partition coefficient (Wildman–Crippen LogP) is 2.80. The van der Waals surface area contributed by atoms with Crippen molar-refractivity contribution in [1.29, 1.82) is 0 Å². The molecule has 0 saturated heterocycles. The molecule has 0 heterocycles. The summed E-state index contributed by atoms with van der Waals surface area (Å²) >= 11 is 0. The van der Waals surface area contributed by atoms with Gasteiger partial charge in [0, 0.05) is 26.1 Å². The smallest absolute Gasteiger partial charge is 0.232 e. The summed E-state index contributed by atoms with van der Waals surface area (Å²) in [6.45, 7) is 7.59. The monoisotopic (exact) mass is 340 g/mol. The fraction of sp³-hybridized carbons (Fsp3) is 0.588. The lowest BCUT2D eigenvalue weighted by molar-refractivity contribution is -0.131. The highest BCUT2D eigenvalue weighted by Crippen LogP contribution is 2.19. The Kier molecular flexibility index (Phi) is 7.55. The summed E-state index contributed by atoms with van der Waals surface area (Å²) in [5.41, 5.74) is 1.60. The molecular weight excluding hydrogens is 312 g/mol. The molecule has 0 aliphatic carbocycles. The van der Waals surface area contributed by atoms with E-state index in [4.69, 9.17) is 0 Å². The van der Waals surface area contributed by atoms with E-state index in [9.17, 15) is 13.2 Å². The van der Waals surface area contributed by atoms with Gasteiger partial charge in [0.15, 0.2) is 0 Å². The van der Waals surface area contributed by atoms with E-state index >= 15 is 0 Å². The van der Waals surface area contributed by atoms with Crippen molar-refractivity contribution in [3.05, 3.63) is 29.8 Å². The Morgan fingerprint density at radius 3 is 2.17 bits per heavy atom. The molecule has 0 saturated carbocycles. The summed E-state index contributed by atoms with van der Waals surface area (Å²) in [5, 5.41) is 0. The molecule has 5 nitrogen and oxygen atoms in total. The topological polar surface area (TPSA) is 57.7 Å². The van der Waals surface area contributed by atoms with Crippen molar-refractivity contribution in [3.63, 3.8) is 0 Å². The molecule has 6 heteroatoms. The van der Waals surface area contributed by atoms with Gasteiger partial charge in [-0.1, -0.05) is 26.0 Å². The SMILES string of the molecule is CCCN(CCC)C(=O)CCN(c1cccc(C)c1)S(C)(=O)=O. The first-order chi connectivity index (χ1) is 10.8. The second-order valence-electron chi connectivity index (χ2n) is 5.80. The van der Waals surface area contributed by atoms with Crippen molar-refractivity contribution in [2.45, 2.75) is 40.0 Å². The summed E-state index contributed by atoms with van der Waals surface area (Å²) < 4.78 is 25.5. The minimum Gasteiger partial charge on any atom is -0.343 e. The number of aryl methyl sites for hydroxylation is 1. The van der Waals surface area contributed by atoms with Crippen LogP contribution in [0.25, 0.3) is 0 Å². The van der Waals surface area contributed by atoms with Crippen LogP contribution >= 0.6 is 0 Å². The van der Waals surface area contributed by atoms with Gasteiger partial charge in [0.05, 0.1) is 11.9 Å². The summed E-state index contributed by atoms with van der Waals surface area (Å²) in [5.74, 6) is 0.00926. The Morgan fingerprint density at radius 2 is 1.70 bits per heavy atom. The van der Waals surface area contributed by atoms with Gasteiger partial charge >= 0.3 is 0 Å². The van der Waals surface area contributed by atoms with Crippen LogP contribution in [0.15, 0.2) is 24.3 Å². The van der Waals surface area contributed by atoms with Crippen molar-refractivity contribution in [3.8, 4) is 0 Å². The van der Waals surface area contributed by atoms with E-state index in [1.54, 1.807) is 6.07 Å². The third-order valence-electron chi connectivity index (χ3n) is 3.56. The van der Waals surface area contributed by atoms with Gasteiger partial charge in [-0.05, 0) is 37.5 Å². The molecule has 1 aromatic carbocycles. The zero-order valence-corrected chi connectivity index (χ0v) is 15.4. The van der Waals surface area contributed by atoms with Crippen LogP contribution in [0.2, 0.25) is 0 Å². The molecule has 1 amide bonds. The minimum atomic E-state index is -3.42. The number of carbonyl (C=O) groups is 1. The van der Waals surface area contributed by atoms with Crippen molar-refractivity contribution in [2.75, 3.05) is 30.2 Å². The third kappa shape index (κ3) is 6.22. The number of hydrogen-bond acceptors (Lipinski definition) is 3. The van der Waals surface area contributed by atoms with Gasteiger partial charge < -0.3 is 4.90 Å². The van der Waals surface area contributed by atoms with Crippen LogP contribution in [0.3, 0.4) is 0 Å². The first kappa shape index (κ1) is 19.5. The second-order valence-corrected chi connectivity index (χ2v) is 7.71. The number of benzene rings is 1. The number of sulfonamides is 1. The highest BCUT2D eigenvalue weighted by atomic mass is 32.2. The molecule has 1 rings (SSSR count). The zero-order chi connectivity index (χ0) is 17.5. The molecule has 0 atom stereocenters. The van der Waals surface area contributed by atoms with Crippen LogP contribution in [0.1, 0.15) is 38.7 Å². The van der Waals surface area contributed by atoms with Crippen LogP contribution in [0, 0.1) is 6.92 Å². The van der Waals surface area contributed by atoms with Gasteiger partial charge in [0.2, 0.25) is 15.9 Å². The highest BCUT2D eigenvalue weighted by molar-refractivity contribution is 7.92.